The molecule has 100 valence electrons. The minimum Gasteiger partial charge on any atom is -0.371 e. The molecular weight excluding hydrogens is 324 g/mol. The number of anilines is 1. The molecule has 1 fully saturated rings. The van der Waals surface area contributed by atoms with E-state index in [-0.39, 0.29) is 0 Å². The van der Waals surface area contributed by atoms with Crippen LogP contribution in [0.25, 0.3) is 10.9 Å². The van der Waals surface area contributed by atoms with Gasteiger partial charge in [0.05, 0.1) is 5.52 Å². The fourth-order valence-corrected chi connectivity index (χ4v) is 3.52. The minimum absolute atomic E-state index is 0.746. The number of aromatic nitrogens is 1. The Kier molecular flexibility index (Phi) is 3.94. The van der Waals surface area contributed by atoms with E-state index in [0.29, 0.717) is 0 Å². The molecule has 2 aromatic rings. The highest BCUT2D eigenvalue weighted by molar-refractivity contribution is 9.09. The monoisotopic (exact) mass is 338 g/mol. The first-order valence-corrected chi connectivity index (χ1v) is 8.13. The first-order chi connectivity index (χ1) is 9.28. The van der Waals surface area contributed by atoms with E-state index >= 15 is 0 Å². The summed E-state index contributed by atoms with van der Waals surface area (Å²) in [6, 6.07) is 8.08. The maximum absolute atomic E-state index is 6.04. The first kappa shape index (κ1) is 13.2. The molecule has 1 saturated heterocycles. The van der Waals surface area contributed by atoms with Gasteiger partial charge in [0.25, 0.3) is 0 Å². The molecule has 0 N–H and O–H groups in total. The summed E-state index contributed by atoms with van der Waals surface area (Å²) in [7, 11) is 0. The molecule has 4 heteroatoms. The second kappa shape index (κ2) is 5.68. The molecule has 2 nitrogen and oxygen atoms in total. The Bertz CT molecular complexity index is 579. The molecule has 19 heavy (non-hydrogen) atoms. The van der Waals surface area contributed by atoms with Crippen molar-refractivity contribution < 1.29 is 0 Å². The highest BCUT2D eigenvalue weighted by atomic mass is 79.9. The van der Waals surface area contributed by atoms with Crippen molar-refractivity contribution in [3.63, 3.8) is 0 Å². The number of hydrogen-bond acceptors (Lipinski definition) is 2. The van der Waals surface area contributed by atoms with Crippen molar-refractivity contribution in [2.45, 2.75) is 12.8 Å². The van der Waals surface area contributed by atoms with E-state index in [9.17, 15) is 0 Å². The SMILES string of the molecule is Clc1ccc2c(N3CCC(CBr)CC3)ccnc2c1. The van der Waals surface area contributed by atoms with Crippen LogP contribution < -0.4 is 4.90 Å². The molecule has 0 unspecified atom stereocenters. The van der Waals surface area contributed by atoms with Gasteiger partial charge in [-0.15, -0.1) is 0 Å². The zero-order valence-electron chi connectivity index (χ0n) is 10.6. The van der Waals surface area contributed by atoms with Gasteiger partial charge in [0.2, 0.25) is 0 Å². The summed E-state index contributed by atoms with van der Waals surface area (Å²) >= 11 is 9.63. The van der Waals surface area contributed by atoms with Crippen LogP contribution in [0.1, 0.15) is 12.8 Å². The van der Waals surface area contributed by atoms with Gasteiger partial charge >= 0.3 is 0 Å². The lowest BCUT2D eigenvalue weighted by Gasteiger charge is -2.33. The summed E-state index contributed by atoms with van der Waals surface area (Å²) in [4.78, 5) is 6.88. The Morgan fingerprint density at radius 2 is 2.05 bits per heavy atom. The van der Waals surface area contributed by atoms with Crippen LogP contribution in [0.2, 0.25) is 5.02 Å². The second-order valence-electron chi connectivity index (χ2n) is 5.08. The predicted molar refractivity (Wildman–Crippen MR) is 85.5 cm³/mol. The van der Waals surface area contributed by atoms with Crippen LogP contribution in [0.4, 0.5) is 5.69 Å². The smallest absolute Gasteiger partial charge is 0.0737 e. The van der Waals surface area contributed by atoms with Crippen LogP contribution in [-0.4, -0.2) is 23.4 Å². The van der Waals surface area contributed by atoms with Gasteiger partial charge in [-0.2, -0.15) is 0 Å². The highest BCUT2D eigenvalue weighted by Crippen LogP contribution is 2.30. The summed E-state index contributed by atoms with van der Waals surface area (Å²) in [5.41, 5.74) is 2.27. The van der Waals surface area contributed by atoms with Crippen LogP contribution in [-0.2, 0) is 0 Å². The molecule has 3 rings (SSSR count). The molecule has 1 aromatic carbocycles. The summed E-state index contributed by atoms with van der Waals surface area (Å²) in [5.74, 6) is 0.818. The normalized spacial score (nSPS) is 17.1. The number of pyridine rings is 1. The van der Waals surface area contributed by atoms with Crippen molar-refractivity contribution in [2.75, 3.05) is 23.3 Å². The fourth-order valence-electron chi connectivity index (χ4n) is 2.71. The molecular formula is C15H16BrClN2. The number of rotatable bonds is 2. The average molecular weight is 340 g/mol. The number of piperidine rings is 1. The molecule has 1 aliphatic heterocycles. The fraction of sp³-hybridized carbons (Fsp3) is 0.400. The topological polar surface area (TPSA) is 16.1 Å². The van der Waals surface area contributed by atoms with Crippen LogP contribution >= 0.6 is 27.5 Å². The molecule has 0 spiro atoms. The van der Waals surface area contributed by atoms with E-state index in [0.717, 1.165) is 34.9 Å². The molecule has 0 atom stereocenters. The van der Waals surface area contributed by atoms with Gasteiger partial charge < -0.3 is 4.90 Å². The molecule has 1 aromatic heterocycles. The summed E-state index contributed by atoms with van der Waals surface area (Å²) in [5, 5.41) is 3.06. The summed E-state index contributed by atoms with van der Waals surface area (Å²) < 4.78 is 0. The zero-order valence-corrected chi connectivity index (χ0v) is 13.0. The van der Waals surface area contributed by atoms with Gasteiger partial charge in [0.15, 0.2) is 0 Å². The van der Waals surface area contributed by atoms with E-state index in [1.807, 2.05) is 18.3 Å². The third kappa shape index (κ3) is 2.72. The zero-order chi connectivity index (χ0) is 13.2. The lowest BCUT2D eigenvalue weighted by atomic mass is 9.98. The molecule has 0 radical (unpaired) electrons. The molecule has 0 amide bonds. The quantitative estimate of drug-likeness (QED) is 0.749. The van der Waals surface area contributed by atoms with E-state index in [4.69, 9.17) is 11.6 Å². The molecule has 0 aliphatic carbocycles. The summed E-state index contributed by atoms with van der Waals surface area (Å²) in [6.07, 6.45) is 4.38. The Labute approximate surface area is 126 Å². The number of halogens is 2. The predicted octanol–water partition coefficient (Wildman–Crippen LogP) is 4.50. The van der Waals surface area contributed by atoms with Gasteiger partial charge in [-0.25, -0.2) is 0 Å². The van der Waals surface area contributed by atoms with Gasteiger partial charge in [-0.3, -0.25) is 4.98 Å². The van der Waals surface area contributed by atoms with E-state index in [1.54, 1.807) is 0 Å². The summed E-state index contributed by atoms with van der Waals surface area (Å²) in [6.45, 7) is 2.25. The van der Waals surface area contributed by atoms with Gasteiger partial charge in [-0.1, -0.05) is 27.5 Å². The Morgan fingerprint density at radius 3 is 2.79 bits per heavy atom. The molecule has 0 saturated carbocycles. The van der Waals surface area contributed by atoms with Crippen molar-refractivity contribution in [3.8, 4) is 0 Å². The number of hydrogen-bond donors (Lipinski definition) is 0. The third-order valence-corrected chi connectivity index (χ3v) is 5.01. The van der Waals surface area contributed by atoms with E-state index in [1.165, 1.54) is 23.9 Å². The van der Waals surface area contributed by atoms with Crippen molar-refractivity contribution in [3.05, 3.63) is 35.5 Å². The first-order valence-electron chi connectivity index (χ1n) is 6.63. The van der Waals surface area contributed by atoms with Crippen LogP contribution in [0, 0.1) is 5.92 Å². The molecule has 2 heterocycles. The molecule has 1 aliphatic rings. The average Bonchev–Trinajstić information content (AvgIpc) is 2.46. The van der Waals surface area contributed by atoms with Gasteiger partial charge in [-0.05, 0) is 43.0 Å². The van der Waals surface area contributed by atoms with Crippen molar-refractivity contribution >= 4 is 44.1 Å². The standard InChI is InChI=1S/C15H16BrClN2/c16-10-11-4-7-19(8-5-11)15-3-6-18-14-9-12(17)1-2-13(14)15/h1-3,6,9,11H,4-5,7-8,10H2. The number of nitrogens with zero attached hydrogens (tertiary/aromatic N) is 2. The Balaban J connectivity index is 1.93. The Hall–Kier alpha value is -0.800. The number of fused-ring (bicyclic) bond motifs is 1. The number of benzene rings is 1. The van der Waals surface area contributed by atoms with Crippen molar-refractivity contribution in [1.82, 2.24) is 4.98 Å². The maximum atomic E-state index is 6.04. The van der Waals surface area contributed by atoms with E-state index in [2.05, 4.69) is 37.9 Å². The lowest BCUT2D eigenvalue weighted by Crippen LogP contribution is -2.34. The number of alkyl halides is 1. The van der Waals surface area contributed by atoms with Crippen LogP contribution in [0.5, 0.6) is 0 Å². The minimum atomic E-state index is 0.746. The van der Waals surface area contributed by atoms with Crippen LogP contribution in [0.3, 0.4) is 0 Å². The van der Waals surface area contributed by atoms with E-state index < -0.39 is 0 Å². The van der Waals surface area contributed by atoms with Crippen LogP contribution in [0.15, 0.2) is 30.5 Å². The highest BCUT2D eigenvalue weighted by Gasteiger charge is 2.19. The largest absolute Gasteiger partial charge is 0.371 e. The van der Waals surface area contributed by atoms with Gasteiger partial charge in [0.1, 0.15) is 0 Å². The van der Waals surface area contributed by atoms with Crippen molar-refractivity contribution in [1.29, 1.82) is 0 Å². The maximum Gasteiger partial charge on any atom is 0.0737 e. The second-order valence-corrected chi connectivity index (χ2v) is 6.16. The lowest BCUT2D eigenvalue weighted by molar-refractivity contribution is 0.447. The Morgan fingerprint density at radius 1 is 1.26 bits per heavy atom. The third-order valence-electron chi connectivity index (χ3n) is 3.86. The van der Waals surface area contributed by atoms with Gasteiger partial charge in [0, 0.05) is 40.7 Å². The molecule has 0 bridgehead atoms. The van der Waals surface area contributed by atoms with Crippen molar-refractivity contribution in [2.24, 2.45) is 5.92 Å².